The summed E-state index contributed by atoms with van der Waals surface area (Å²) in [5, 5.41) is 6.97. The zero-order valence-corrected chi connectivity index (χ0v) is 9.49. The second kappa shape index (κ2) is 4.45. The van der Waals surface area contributed by atoms with Crippen LogP contribution in [0.1, 0.15) is 24.8 Å². The van der Waals surface area contributed by atoms with Crippen molar-refractivity contribution in [3.8, 4) is 11.4 Å². The highest BCUT2D eigenvalue weighted by Gasteiger charge is 2.22. The zero-order chi connectivity index (χ0) is 12.5. The van der Waals surface area contributed by atoms with Crippen LogP contribution in [0, 0.1) is 11.6 Å². The fourth-order valence-electron chi connectivity index (χ4n) is 2.07. The number of aromatic nitrogens is 2. The van der Waals surface area contributed by atoms with Crippen LogP contribution in [0.15, 0.2) is 22.7 Å². The van der Waals surface area contributed by atoms with E-state index < -0.39 is 11.6 Å². The highest BCUT2D eigenvalue weighted by molar-refractivity contribution is 5.54. The van der Waals surface area contributed by atoms with Crippen LogP contribution in [0.2, 0.25) is 0 Å². The lowest BCUT2D eigenvalue weighted by atomic mass is 10.2. The summed E-state index contributed by atoms with van der Waals surface area (Å²) >= 11 is 0. The lowest BCUT2D eigenvalue weighted by Crippen LogP contribution is -2.12. The summed E-state index contributed by atoms with van der Waals surface area (Å²) in [6.07, 6.45) is 1.98. The quantitative estimate of drug-likeness (QED) is 0.890. The molecule has 1 aromatic carbocycles. The number of hydrogen-bond acceptors (Lipinski definition) is 4. The molecule has 0 aliphatic carbocycles. The van der Waals surface area contributed by atoms with Crippen LogP contribution in [-0.4, -0.2) is 16.7 Å². The van der Waals surface area contributed by atoms with E-state index in [1.54, 1.807) is 0 Å². The minimum atomic E-state index is -0.657. The van der Waals surface area contributed by atoms with Crippen LogP contribution < -0.4 is 5.32 Å². The summed E-state index contributed by atoms with van der Waals surface area (Å²) < 4.78 is 31.3. The molecule has 0 unspecified atom stereocenters. The van der Waals surface area contributed by atoms with E-state index in [1.165, 1.54) is 12.1 Å². The molecule has 18 heavy (non-hydrogen) atoms. The van der Waals surface area contributed by atoms with Gasteiger partial charge in [-0.3, -0.25) is 0 Å². The first-order chi connectivity index (χ1) is 8.72. The first-order valence-electron chi connectivity index (χ1n) is 5.76. The Morgan fingerprint density at radius 1 is 1.22 bits per heavy atom. The zero-order valence-electron chi connectivity index (χ0n) is 9.49. The van der Waals surface area contributed by atoms with Crippen molar-refractivity contribution in [3.63, 3.8) is 0 Å². The Hall–Kier alpha value is -1.82. The minimum absolute atomic E-state index is 0.0460. The summed E-state index contributed by atoms with van der Waals surface area (Å²) in [7, 11) is 0. The van der Waals surface area contributed by atoms with Gasteiger partial charge in [0, 0.05) is 11.6 Å². The van der Waals surface area contributed by atoms with Gasteiger partial charge in [0.05, 0.1) is 6.04 Å². The summed E-state index contributed by atoms with van der Waals surface area (Å²) in [5.41, 5.74) is 0.278. The summed E-state index contributed by atoms with van der Waals surface area (Å²) in [5.74, 6) is -0.644. The molecule has 1 aliphatic heterocycles. The van der Waals surface area contributed by atoms with Gasteiger partial charge in [0.15, 0.2) is 0 Å². The second-order valence-corrected chi connectivity index (χ2v) is 4.26. The molecule has 0 amide bonds. The Morgan fingerprint density at radius 2 is 2.00 bits per heavy atom. The molecule has 2 aromatic rings. The number of nitrogens with zero attached hydrogens (tertiary/aromatic N) is 2. The summed E-state index contributed by atoms with van der Waals surface area (Å²) in [6.45, 7) is 0.914. The number of rotatable bonds is 2. The fraction of sp³-hybridized carbons (Fsp3) is 0.333. The van der Waals surface area contributed by atoms with E-state index in [1.807, 2.05) is 0 Å². The fourth-order valence-corrected chi connectivity index (χ4v) is 2.07. The van der Waals surface area contributed by atoms with Crippen LogP contribution in [0.5, 0.6) is 0 Å². The molecule has 3 rings (SSSR count). The lowest BCUT2D eigenvalue weighted by Gasteiger charge is -2.01. The van der Waals surface area contributed by atoms with E-state index in [-0.39, 0.29) is 17.4 Å². The predicted octanol–water partition coefficient (Wildman–Crippen LogP) is 2.44. The van der Waals surface area contributed by atoms with Crippen molar-refractivity contribution in [2.45, 2.75) is 18.9 Å². The lowest BCUT2D eigenvalue weighted by molar-refractivity contribution is 0.345. The van der Waals surface area contributed by atoms with Crippen molar-refractivity contribution < 1.29 is 13.3 Å². The highest BCUT2D eigenvalue weighted by atomic mass is 19.1. The maximum Gasteiger partial charge on any atom is 0.244 e. The smallest absolute Gasteiger partial charge is 0.244 e. The molecule has 0 spiro atoms. The Balaban J connectivity index is 1.92. The molecule has 1 aliphatic rings. The molecule has 1 fully saturated rings. The van der Waals surface area contributed by atoms with Gasteiger partial charge in [-0.25, -0.2) is 8.78 Å². The van der Waals surface area contributed by atoms with Gasteiger partial charge in [0.2, 0.25) is 11.7 Å². The standard InChI is InChI=1S/C12H11F2N3O/c13-8-4-7(5-9(14)6-8)11-16-12(18-17-11)10-2-1-3-15-10/h4-6,10,15H,1-3H2/t10-/m1/s1. The Morgan fingerprint density at radius 3 is 2.67 bits per heavy atom. The largest absolute Gasteiger partial charge is 0.337 e. The third-order valence-electron chi connectivity index (χ3n) is 2.92. The Kier molecular flexibility index (Phi) is 2.79. The van der Waals surface area contributed by atoms with Crippen LogP contribution >= 0.6 is 0 Å². The second-order valence-electron chi connectivity index (χ2n) is 4.26. The number of halogens is 2. The maximum atomic E-state index is 13.1. The van der Waals surface area contributed by atoms with Crippen molar-refractivity contribution in [1.29, 1.82) is 0 Å². The molecule has 0 saturated carbocycles. The summed E-state index contributed by atoms with van der Waals surface area (Å²) in [6, 6.07) is 3.22. The summed E-state index contributed by atoms with van der Waals surface area (Å²) in [4.78, 5) is 4.17. The van der Waals surface area contributed by atoms with Gasteiger partial charge in [-0.1, -0.05) is 5.16 Å². The van der Waals surface area contributed by atoms with Crippen LogP contribution in [0.3, 0.4) is 0 Å². The van der Waals surface area contributed by atoms with Crippen LogP contribution in [-0.2, 0) is 0 Å². The molecule has 0 radical (unpaired) electrons. The molecule has 94 valence electrons. The topological polar surface area (TPSA) is 51.0 Å². The SMILES string of the molecule is Fc1cc(F)cc(-c2noc([C@H]3CCCN3)n2)c1. The normalized spacial score (nSPS) is 19.3. The molecule has 0 bridgehead atoms. The Bertz CT molecular complexity index is 544. The van der Waals surface area contributed by atoms with Crippen molar-refractivity contribution >= 4 is 0 Å². The van der Waals surface area contributed by atoms with Gasteiger partial charge in [-0.15, -0.1) is 0 Å². The van der Waals surface area contributed by atoms with Crippen molar-refractivity contribution in [2.24, 2.45) is 0 Å². The monoisotopic (exact) mass is 251 g/mol. The van der Waals surface area contributed by atoms with Crippen LogP contribution in [0.4, 0.5) is 8.78 Å². The molecular weight excluding hydrogens is 240 g/mol. The third-order valence-corrected chi connectivity index (χ3v) is 2.92. The third kappa shape index (κ3) is 2.11. The molecule has 2 heterocycles. The van der Waals surface area contributed by atoms with Gasteiger partial charge < -0.3 is 9.84 Å². The van der Waals surface area contributed by atoms with E-state index in [9.17, 15) is 8.78 Å². The molecule has 4 nitrogen and oxygen atoms in total. The minimum Gasteiger partial charge on any atom is -0.337 e. The Labute approximate surface area is 102 Å². The van der Waals surface area contributed by atoms with Gasteiger partial charge in [0.25, 0.3) is 0 Å². The number of benzene rings is 1. The number of hydrogen-bond donors (Lipinski definition) is 1. The molecule has 1 N–H and O–H groups in total. The molecule has 1 atom stereocenters. The molecule has 1 saturated heterocycles. The van der Waals surface area contributed by atoms with Gasteiger partial charge in [-0.2, -0.15) is 4.98 Å². The number of nitrogens with one attached hydrogen (secondary N) is 1. The van der Waals surface area contributed by atoms with E-state index >= 15 is 0 Å². The molecule has 6 heteroatoms. The van der Waals surface area contributed by atoms with Gasteiger partial charge in [0.1, 0.15) is 11.6 Å². The first-order valence-corrected chi connectivity index (χ1v) is 5.76. The van der Waals surface area contributed by atoms with Gasteiger partial charge >= 0.3 is 0 Å². The van der Waals surface area contributed by atoms with E-state index in [0.717, 1.165) is 25.5 Å². The molecular formula is C12H11F2N3O. The molecule has 1 aromatic heterocycles. The average Bonchev–Trinajstić information content (AvgIpc) is 2.99. The van der Waals surface area contributed by atoms with Gasteiger partial charge in [-0.05, 0) is 31.5 Å². The highest BCUT2D eigenvalue weighted by Crippen LogP contribution is 2.24. The van der Waals surface area contributed by atoms with Crippen molar-refractivity contribution in [1.82, 2.24) is 15.5 Å². The van der Waals surface area contributed by atoms with E-state index in [0.29, 0.717) is 5.89 Å². The van der Waals surface area contributed by atoms with Crippen LogP contribution in [0.25, 0.3) is 11.4 Å². The van der Waals surface area contributed by atoms with Crippen molar-refractivity contribution in [3.05, 3.63) is 35.7 Å². The van der Waals surface area contributed by atoms with Crippen molar-refractivity contribution in [2.75, 3.05) is 6.54 Å². The predicted molar refractivity (Wildman–Crippen MR) is 59.6 cm³/mol. The first kappa shape index (κ1) is 11.3. The van der Waals surface area contributed by atoms with E-state index in [2.05, 4.69) is 15.5 Å². The average molecular weight is 251 g/mol. The van der Waals surface area contributed by atoms with E-state index in [4.69, 9.17) is 4.52 Å². The maximum absolute atomic E-state index is 13.1.